The van der Waals surface area contributed by atoms with Crippen molar-refractivity contribution in [3.63, 3.8) is 0 Å². The molecule has 1 saturated heterocycles. The van der Waals surface area contributed by atoms with Gasteiger partial charge in [0, 0.05) is 25.6 Å². The van der Waals surface area contributed by atoms with Crippen molar-refractivity contribution in [1.82, 2.24) is 15.3 Å². The summed E-state index contributed by atoms with van der Waals surface area (Å²) in [7, 11) is 0. The Morgan fingerprint density at radius 1 is 1.23 bits per heavy atom. The first-order valence-corrected chi connectivity index (χ1v) is 10.6. The monoisotopic (exact) mass is 409 g/mol. The highest BCUT2D eigenvalue weighted by Crippen LogP contribution is 2.30. The van der Waals surface area contributed by atoms with Crippen molar-refractivity contribution in [3.05, 3.63) is 51.8 Å². The van der Waals surface area contributed by atoms with Crippen molar-refractivity contribution in [1.29, 1.82) is 0 Å². The zero-order chi connectivity index (χ0) is 21.1. The number of piperidine rings is 1. The Morgan fingerprint density at radius 2 is 2.03 bits per heavy atom. The molecule has 2 aliphatic rings. The van der Waals surface area contributed by atoms with E-state index in [1.807, 2.05) is 30.3 Å². The van der Waals surface area contributed by atoms with Crippen molar-refractivity contribution >= 4 is 23.6 Å². The maximum atomic E-state index is 12.9. The lowest BCUT2D eigenvalue weighted by Gasteiger charge is -2.34. The van der Waals surface area contributed by atoms with Crippen molar-refractivity contribution in [2.45, 2.75) is 51.0 Å². The van der Waals surface area contributed by atoms with Crippen LogP contribution >= 0.6 is 0 Å². The molecule has 2 aliphatic heterocycles. The van der Waals surface area contributed by atoms with Crippen LogP contribution in [0.1, 0.15) is 49.7 Å². The molecule has 3 N–H and O–H groups in total. The van der Waals surface area contributed by atoms with E-state index < -0.39 is 5.92 Å². The van der Waals surface area contributed by atoms with E-state index in [4.69, 9.17) is 0 Å². The maximum absolute atomic E-state index is 12.9. The molecule has 0 bridgehead atoms. The van der Waals surface area contributed by atoms with Gasteiger partial charge in [-0.25, -0.2) is 0 Å². The summed E-state index contributed by atoms with van der Waals surface area (Å²) in [6.45, 7) is 3.34. The summed E-state index contributed by atoms with van der Waals surface area (Å²) < 4.78 is 0. The minimum atomic E-state index is -0.839. The molecule has 0 aliphatic carbocycles. The number of H-pyrrole nitrogens is 1. The Hall–Kier alpha value is -3.16. The zero-order valence-corrected chi connectivity index (χ0v) is 17.1. The summed E-state index contributed by atoms with van der Waals surface area (Å²) in [5.74, 6) is -0.814. The number of rotatable bonds is 5. The quantitative estimate of drug-likeness (QED) is 0.700. The smallest absolute Gasteiger partial charge is 0.258 e. The van der Waals surface area contributed by atoms with Gasteiger partial charge < -0.3 is 15.5 Å². The number of fused-ring (bicyclic) bond motifs is 1. The molecule has 30 heavy (non-hydrogen) atoms. The molecule has 0 saturated carbocycles. The number of benzene rings is 1. The lowest BCUT2D eigenvalue weighted by molar-refractivity contribution is -0.126. The highest BCUT2D eigenvalue weighted by atomic mass is 16.2. The Bertz CT molecular complexity index is 988. The van der Waals surface area contributed by atoms with Gasteiger partial charge in [-0.15, -0.1) is 0 Å². The van der Waals surface area contributed by atoms with E-state index in [1.165, 1.54) is 0 Å². The second-order valence-electron chi connectivity index (χ2n) is 8.02. The van der Waals surface area contributed by atoms with Gasteiger partial charge in [0.05, 0.1) is 11.5 Å². The van der Waals surface area contributed by atoms with Gasteiger partial charge in [-0.05, 0) is 38.2 Å². The van der Waals surface area contributed by atoms with Crippen molar-refractivity contribution < 1.29 is 9.59 Å². The predicted octanol–water partition coefficient (Wildman–Crippen LogP) is 1.93. The number of carbonyl (C=O) groups is 2. The van der Waals surface area contributed by atoms with Gasteiger partial charge in [-0.2, -0.15) is 4.98 Å². The van der Waals surface area contributed by atoms with Crippen LogP contribution in [0, 0.1) is 0 Å². The van der Waals surface area contributed by atoms with E-state index in [1.54, 1.807) is 0 Å². The molecule has 2 amide bonds. The highest BCUT2D eigenvalue weighted by Gasteiger charge is 2.35. The molecule has 1 aromatic carbocycles. The molecule has 3 heterocycles. The summed E-state index contributed by atoms with van der Waals surface area (Å²) in [4.78, 5) is 47.4. The Morgan fingerprint density at radius 3 is 2.80 bits per heavy atom. The van der Waals surface area contributed by atoms with E-state index >= 15 is 0 Å². The van der Waals surface area contributed by atoms with Gasteiger partial charge in [0.1, 0.15) is 5.82 Å². The number of aromatic amines is 1. The predicted molar refractivity (Wildman–Crippen MR) is 115 cm³/mol. The van der Waals surface area contributed by atoms with Crippen LogP contribution in [-0.4, -0.2) is 40.9 Å². The van der Waals surface area contributed by atoms with Crippen LogP contribution in [0.5, 0.6) is 0 Å². The minimum Gasteiger partial charge on any atom is -0.355 e. The van der Waals surface area contributed by atoms with Gasteiger partial charge in [-0.1, -0.05) is 30.3 Å². The molecular formula is C22H27N5O3. The fraction of sp³-hybridized carbons (Fsp3) is 0.455. The molecule has 0 radical (unpaired) electrons. The number of hydrogen-bond donors (Lipinski definition) is 3. The van der Waals surface area contributed by atoms with Crippen LogP contribution in [0.3, 0.4) is 0 Å². The molecule has 8 nitrogen and oxygen atoms in total. The molecule has 2 aromatic rings. The number of hydrogen-bond acceptors (Lipinski definition) is 5. The van der Waals surface area contributed by atoms with Crippen LogP contribution in [0.15, 0.2) is 35.1 Å². The van der Waals surface area contributed by atoms with Gasteiger partial charge in [0.15, 0.2) is 0 Å². The van der Waals surface area contributed by atoms with Gasteiger partial charge in [0.25, 0.3) is 5.56 Å². The lowest BCUT2D eigenvalue weighted by Crippen LogP contribution is -2.42. The maximum Gasteiger partial charge on any atom is 0.258 e. The second-order valence-corrected chi connectivity index (χ2v) is 8.02. The second kappa shape index (κ2) is 8.69. The molecular weight excluding hydrogens is 382 g/mol. The summed E-state index contributed by atoms with van der Waals surface area (Å²) in [5.41, 5.74) is 0.982. The molecule has 4 rings (SSSR count). The van der Waals surface area contributed by atoms with E-state index in [9.17, 15) is 14.4 Å². The third kappa shape index (κ3) is 4.22. The third-order valence-corrected chi connectivity index (χ3v) is 5.89. The van der Waals surface area contributed by atoms with Crippen LogP contribution in [0.2, 0.25) is 0 Å². The number of aromatic nitrogens is 2. The first kappa shape index (κ1) is 20.1. The topological polar surface area (TPSA) is 107 Å². The molecule has 2 unspecified atom stereocenters. The van der Waals surface area contributed by atoms with E-state index in [0.717, 1.165) is 31.4 Å². The van der Waals surface area contributed by atoms with Crippen LogP contribution < -0.4 is 21.1 Å². The Labute approximate surface area is 175 Å². The molecule has 8 heteroatoms. The molecule has 1 aromatic heterocycles. The Kier molecular flexibility index (Phi) is 5.83. The SMILES string of the molecule is CC1CCCCN1c1nc2c(c(=O)[nH]1)C(C(=O)NCCc1ccccc1)CC(=O)N2. The van der Waals surface area contributed by atoms with Gasteiger partial charge in [0.2, 0.25) is 17.8 Å². The van der Waals surface area contributed by atoms with Gasteiger partial charge in [-0.3, -0.25) is 19.4 Å². The van der Waals surface area contributed by atoms with Crippen molar-refractivity contribution in [2.24, 2.45) is 0 Å². The fourth-order valence-electron chi connectivity index (χ4n) is 4.23. The van der Waals surface area contributed by atoms with Crippen LogP contribution in [-0.2, 0) is 16.0 Å². The first-order chi connectivity index (χ1) is 14.5. The van der Waals surface area contributed by atoms with Crippen molar-refractivity contribution in [2.75, 3.05) is 23.3 Å². The fourth-order valence-corrected chi connectivity index (χ4v) is 4.23. The minimum absolute atomic E-state index is 0.0611. The molecule has 2 atom stereocenters. The summed E-state index contributed by atoms with van der Waals surface area (Å²) in [5, 5.41) is 5.55. The number of carbonyl (C=O) groups excluding carboxylic acids is 2. The number of nitrogens with one attached hydrogen (secondary N) is 3. The van der Waals surface area contributed by atoms with Gasteiger partial charge >= 0.3 is 0 Å². The van der Waals surface area contributed by atoms with Crippen LogP contribution in [0.4, 0.5) is 11.8 Å². The first-order valence-electron chi connectivity index (χ1n) is 10.6. The summed E-state index contributed by atoms with van der Waals surface area (Å²) >= 11 is 0. The largest absolute Gasteiger partial charge is 0.355 e. The molecule has 1 fully saturated rings. The summed E-state index contributed by atoms with van der Waals surface area (Å²) in [6, 6.07) is 10.1. The average molecular weight is 409 g/mol. The lowest BCUT2D eigenvalue weighted by atomic mass is 9.92. The average Bonchev–Trinajstić information content (AvgIpc) is 2.73. The highest BCUT2D eigenvalue weighted by molar-refractivity contribution is 6.00. The molecule has 0 spiro atoms. The number of amides is 2. The standard InChI is InChI=1S/C22H27N5O3/c1-14-7-5-6-12-27(14)22-25-19-18(21(30)26-22)16(13-17(28)24-19)20(29)23-11-10-15-8-3-2-4-9-15/h2-4,8-9,14,16H,5-7,10-13H2,1H3,(H,23,29)(H2,24,25,26,28,30). The van der Waals surface area contributed by atoms with E-state index in [0.29, 0.717) is 18.9 Å². The van der Waals surface area contributed by atoms with E-state index in [-0.39, 0.29) is 41.2 Å². The number of nitrogens with zero attached hydrogens (tertiary/aromatic N) is 2. The normalized spacial score (nSPS) is 21.0. The number of anilines is 2. The summed E-state index contributed by atoms with van der Waals surface area (Å²) in [6.07, 6.45) is 3.82. The third-order valence-electron chi connectivity index (χ3n) is 5.89. The zero-order valence-electron chi connectivity index (χ0n) is 17.1. The van der Waals surface area contributed by atoms with E-state index in [2.05, 4.69) is 32.4 Å². The van der Waals surface area contributed by atoms with Crippen LogP contribution in [0.25, 0.3) is 0 Å². The molecule has 158 valence electrons. The van der Waals surface area contributed by atoms with Crippen molar-refractivity contribution in [3.8, 4) is 0 Å². The Balaban J connectivity index is 1.53.